The largest absolute Gasteiger partial charge is 0.504 e. The number of halogens is 3. The summed E-state index contributed by atoms with van der Waals surface area (Å²) in [4.78, 5) is 24.0. The van der Waals surface area contributed by atoms with Gasteiger partial charge < -0.3 is 14.7 Å². The minimum Gasteiger partial charge on any atom is -0.504 e. The highest BCUT2D eigenvalue weighted by Crippen LogP contribution is 2.43. The van der Waals surface area contributed by atoms with E-state index in [1.165, 1.54) is 31.4 Å². The van der Waals surface area contributed by atoms with E-state index in [1.54, 1.807) is 12.2 Å². The summed E-state index contributed by atoms with van der Waals surface area (Å²) in [5, 5.41) is 10.0. The summed E-state index contributed by atoms with van der Waals surface area (Å²) in [6, 6.07) is 2.84. The Morgan fingerprint density at radius 1 is 1.27 bits per heavy atom. The van der Waals surface area contributed by atoms with Crippen LogP contribution in [0.3, 0.4) is 0 Å². The molecule has 26 heavy (non-hydrogen) atoms. The summed E-state index contributed by atoms with van der Waals surface area (Å²) in [6.07, 6.45) is 1.11. The number of phenols is 1. The lowest BCUT2D eigenvalue weighted by atomic mass is 9.73. The molecule has 1 amide bonds. The Kier molecular flexibility index (Phi) is 4.29. The van der Waals surface area contributed by atoms with Crippen LogP contribution in [0.25, 0.3) is 0 Å². The van der Waals surface area contributed by atoms with Crippen molar-refractivity contribution in [3.8, 4) is 11.5 Å². The monoisotopic (exact) mass is 367 g/mol. The Balaban J connectivity index is 2.13. The standard InChI is InChI=1S/C18H16F3NO4/c1-26-15-9-13-11(8-14(15)24)10-22(16(25)18(19,20)21)7-6-17(13)4-2-12(23)3-5-17/h2-5,8-9,24H,6-7,10H2,1H3. The average Bonchev–Trinajstić information content (AvgIpc) is 2.73. The van der Waals surface area contributed by atoms with Gasteiger partial charge in [-0.1, -0.05) is 12.2 Å². The normalized spacial score (nSPS) is 18.6. The van der Waals surface area contributed by atoms with E-state index in [0.29, 0.717) is 16.0 Å². The second kappa shape index (κ2) is 6.19. The fourth-order valence-corrected chi connectivity index (χ4v) is 3.35. The molecule has 2 aliphatic rings. The molecular formula is C18H16F3NO4. The maximum absolute atomic E-state index is 12.9. The van der Waals surface area contributed by atoms with Crippen molar-refractivity contribution in [3.63, 3.8) is 0 Å². The molecule has 1 aliphatic heterocycles. The van der Waals surface area contributed by atoms with Crippen LogP contribution in [0.2, 0.25) is 0 Å². The molecular weight excluding hydrogens is 351 g/mol. The van der Waals surface area contributed by atoms with Gasteiger partial charge in [0, 0.05) is 18.5 Å². The number of ketones is 1. The molecule has 3 rings (SSSR count). The summed E-state index contributed by atoms with van der Waals surface area (Å²) in [5.74, 6) is -2.23. The van der Waals surface area contributed by atoms with E-state index in [-0.39, 0.29) is 36.8 Å². The van der Waals surface area contributed by atoms with Crippen LogP contribution in [-0.4, -0.2) is 41.5 Å². The van der Waals surface area contributed by atoms with Gasteiger partial charge in [0.25, 0.3) is 0 Å². The van der Waals surface area contributed by atoms with E-state index < -0.39 is 17.5 Å². The lowest BCUT2D eigenvalue weighted by Crippen LogP contribution is -2.41. The molecule has 1 spiro atoms. The van der Waals surface area contributed by atoms with Crippen LogP contribution in [0, 0.1) is 0 Å². The molecule has 1 aromatic carbocycles. The van der Waals surface area contributed by atoms with Gasteiger partial charge in [0.05, 0.1) is 7.11 Å². The Morgan fingerprint density at radius 3 is 2.50 bits per heavy atom. The zero-order chi connectivity index (χ0) is 19.1. The minimum atomic E-state index is -4.99. The van der Waals surface area contributed by atoms with E-state index in [9.17, 15) is 27.9 Å². The van der Waals surface area contributed by atoms with Crippen molar-refractivity contribution in [3.05, 3.63) is 47.6 Å². The number of allylic oxidation sites excluding steroid dienone is 4. The van der Waals surface area contributed by atoms with E-state index in [2.05, 4.69) is 0 Å². The first-order valence-electron chi connectivity index (χ1n) is 7.85. The number of hydrogen-bond acceptors (Lipinski definition) is 4. The lowest BCUT2D eigenvalue weighted by Gasteiger charge is -2.30. The van der Waals surface area contributed by atoms with Gasteiger partial charge >= 0.3 is 12.1 Å². The average molecular weight is 367 g/mol. The molecule has 1 heterocycles. The fourth-order valence-electron chi connectivity index (χ4n) is 3.35. The van der Waals surface area contributed by atoms with Crippen molar-refractivity contribution in [2.45, 2.75) is 24.6 Å². The number of amides is 1. The fraction of sp³-hybridized carbons (Fsp3) is 0.333. The first-order valence-corrected chi connectivity index (χ1v) is 7.85. The second-order valence-electron chi connectivity index (χ2n) is 6.27. The van der Waals surface area contributed by atoms with Crippen LogP contribution < -0.4 is 4.74 Å². The Hall–Kier alpha value is -2.77. The zero-order valence-corrected chi connectivity index (χ0v) is 13.8. The second-order valence-corrected chi connectivity index (χ2v) is 6.27. The van der Waals surface area contributed by atoms with Gasteiger partial charge in [-0.25, -0.2) is 0 Å². The van der Waals surface area contributed by atoms with Gasteiger partial charge in [0.15, 0.2) is 17.3 Å². The molecule has 0 saturated heterocycles. The zero-order valence-electron chi connectivity index (χ0n) is 13.8. The quantitative estimate of drug-likeness (QED) is 0.829. The molecule has 8 heteroatoms. The van der Waals surface area contributed by atoms with Crippen molar-refractivity contribution in [1.82, 2.24) is 4.90 Å². The topological polar surface area (TPSA) is 66.8 Å². The molecule has 1 aliphatic carbocycles. The molecule has 0 atom stereocenters. The Bertz CT molecular complexity index is 810. The lowest BCUT2D eigenvalue weighted by molar-refractivity contribution is -0.186. The number of methoxy groups -OCH3 is 1. The first-order chi connectivity index (χ1) is 12.2. The van der Waals surface area contributed by atoms with E-state index in [1.807, 2.05) is 0 Å². The van der Waals surface area contributed by atoms with Gasteiger partial charge in [-0.05, 0) is 41.8 Å². The predicted molar refractivity (Wildman–Crippen MR) is 85.7 cm³/mol. The van der Waals surface area contributed by atoms with Crippen LogP contribution in [0.5, 0.6) is 11.5 Å². The Morgan fingerprint density at radius 2 is 1.92 bits per heavy atom. The van der Waals surface area contributed by atoms with Gasteiger partial charge in [-0.2, -0.15) is 13.2 Å². The maximum atomic E-state index is 12.9. The van der Waals surface area contributed by atoms with Crippen LogP contribution >= 0.6 is 0 Å². The number of aromatic hydroxyl groups is 1. The third kappa shape index (κ3) is 3.07. The van der Waals surface area contributed by atoms with Crippen LogP contribution in [-0.2, 0) is 21.5 Å². The van der Waals surface area contributed by atoms with Crippen LogP contribution in [0.1, 0.15) is 17.5 Å². The van der Waals surface area contributed by atoms with Crippen molar-refractivity contribution < 1.29 is 32.6 Å². The molecule has 1 N–H and O–H groups in total. The number of fused-ring (bicyclic) bond motifs is 2. The molecule has 5 nitrogen and oxygen atoms in total. The summed E-state index contributed by atoms with van der Waals surface area (Å²) >= 11 is 0. The van der Waals surface area contributed by atoms with Crippen LogP contribution in [0.4, 0.5) is 13.2 Å². The highest BCUT2D eigenvalue weighted by molar-refractivity contribution is 6.00. The smallest absolute Gasteiger partial charge is 0.471 e. The summed E-state index contributed by atoms with van der Waals surface area (Å²) in [5.41, 5.74) is 0.0943. The molecule has 0 fully saturated rings. The molecule has 1 aromatic rings. The van der Waals surface area contributed by atoms with Gasteiger partial charge in [0.1, 0.15) is 0 Å². The van der Waals surface area contributed by atoms with Crippen molar-refractivity contribution >= 4 is 11.7 Å². The number of rotatable bonds is 1. The number of phenolic OH excluding ortho intramolecular Hbond substituents is 1. The number of hydrogen-bond donors (Lipinski definition) is 1. The van der Waals surface area contributed by atoms with E-state index >= 15 is 0 Å². The molecule has 138 valence electrons. The third-order valence-corrected chi connectivity index (χ3v) is 4.68. The highest BCUT2D eigenvalue weighted by atomic mass is 19.4. The van der Waals surface area contributed by atoms with Gasteiger partial charge in [-0.3, -0.25) is 9.59 Å². The SMILES string of the molecule is COc1cc2c(cc1O)CN(C(=O)C(F)(F)F)CCC21C=CC(=O)C=C1. The molecule has 0 saturated carbocycles. The molecule has 0 bridgehead atoms. The molecule has 0 aromatic heterocycles. The summed E-state index contributed by atoms with van der Waals surface area (Å²) < 4.78 is 43.8. The van der Waals surface area contributed by atoms with Crippen molar-refractivity contribution in [2.75, 3.05) is 13.7 Å². The maximum Gasteiger partial charge on any atom is 0.471 e. The van der Waals surface area contributed by atoms with E-state index in [4.69, 9.17) is 4.74 Å². The number of ether oxygens (including phenoxy) is 1. The van der Waals surface area contributed by atoms with Gasteiger partial charge in [0.2, 0.25) is 0 Å². The number of alkyl halides is 3. The highest BCUT2D eigenvalue weighted by Gasteiger charge is 2.45. The number of nitrogens with zero attached hydrogens (tertiary/aromatic N) is 1. The number of carbonyl (C=O) groups excluding carboxylic acids is 2. The summed E-state index contributed by atoms with van der Waals surface area (Å²) in [7, 11) is 1.36. The van der Waals surface area contributed by atoms with Crippen molar-refractivity contribution in [2.24, 2.45) is 0 Å². The van der Waals surface area contributed by atoms with Crippen molar-refractivity contribution in [1.29, 1.82) is 0 Å². The molecule has 0 radical (unpaired) electrons. The first kappa shape index (κ1) is 18.0. The third-order valence-electron chi connectivity index (χ3n) is 4.68. The number of carbonyl (C=O) groups is 2. The van der Waals surface area contributed by atoms with Gasteiger partial charge in [-0.15, -0.1) is 0 Å². The predicted octanol–water partition coefficient (Wildman–Crippen LogP) is 2.63. The van der Waals surface area contributed by atoms with Crippen LogP contribution in [0.15, 0.2) is 36.4 Å². The van der Waals surface area contributed by atoms with E-state index in [0.717, 1.165) is 0 Å². The minimum absolute atomic E-state index is 0.154. The Labute approximate surface area is 147 Å². The molecule has 0 unspecified atom stereocenters. The number of benzene rings is 1. The summed E-state index contributed by atoms with van der Waals surface area (Å²) in [6.45, 7) is -0.457.